The lowest BCUT2D eigenvalue weighted by molar-refractivity contribution is 0.0902. The molecule has 2 aromatic carbocycles. The highest BCUT2D eigenvalue weighted by Gasteiger charge is 2.21. The first-order valence-corrected chi connectivity index (χ1v) is 7.89. The van der Waals surface area contributed by atoms with Crippen LogP contribution < -0.4 is 5.32 Å². The lowest BCUT2D eigenvalue weighted by Gasteiger charge is -2.28. The van der Waals surface area contributed by atoms with Gasteiger partial charge in [-0.1, -0.05) is 67.4 Å². The number of hydrogen-bond acceptors (Lipinski definition) is 2. The van der Waals surface area contributed by atoms with Gasteiger partial charge >= 0.3 is 0 Å². The van der Waals surface area contributed by atoms with Crippen LogP contribution in [0.15, 0.2) is 54.6 Å². The molecule has 0 amide bonds. The van der Waals surface area contributed by atoms with Crippen LogP contribution in [0.1, 0.15) is 31.2 Å². The third kappa shape index (κ3) is 3.72. The summed E-state index contributed by atoms with van der Waals surface area (Å²) in [5, 5.41) is 13.5. The first-order chi connectivity index (χ1) is 10.3. The van der Waals surface area contributed by atoms with Crippen LogP contribution in [0.2, 0.25) is 0 Å². The van der Waals surface area contributed by atoms with Crippen molar-refractivity contribution in [3.05, 3.63) is 60.2 Å². The van der Waals surface area contributed by atoms with Gasteiger partial charge in [0.2, 0.25) is 0 Å². The fourth-order valence-corrected chi connectivity index (χ4v) is 3.04. The maximum atomic E-state index is 9.98. The van der Waals surface area contributed by atoms with E-state index in [-0.39, 0.29) is 12.1 Å². The smallest absolute Gasteiger partial charge is 0.0693 e. The number of hydrogen-bond donors (Lipinski definition) is 2. The van der Waals surface area contributed by atoms with Gasteiger partial charge in [-0.3, -0.25) is 0 Å². The Morgan fingerprint density at radius 2 is 1.52 bits per heavy atom. The van der Waals surface area contributed by atoms with Crippen molar-refractivity contribution in [3.63, 3.8) is 0 Å². The second-order valence-electron chi connectivity index (χ2n) is 5.90. The third-order valence-electron chi connectivity index (χ3n) is 4.36. The molecule has 2 N–H and O–H groups in total. The van der Waals surface area contributed by atoms with E-state index in [9.17, 15) is 5.11 Å². The van der Waals surface area contributed by atoms with Crippen LogP contribution in [0, 0.1) is 0 Å². The monoisotopic (exact) mass is 281 g/mol. The van der Waals surface area contributed by atoms with Gasteiger partial charge in [0.05, 0.1) is 6.10 Å². The Bertz CT molecular complexity index is 550. The Morgan fingerprint density at radius 1 is 0.857 bits per heavy atom. The first kappa shape index (κ1) is 14.3. The summed E-state index contributed by atoms with van der Waals surface area (Å²) in [7, 11) is 0. The van der Waals surface area contributed by atoms with Crippen LogP contribution in [-0.4, -0.2) is 17.3 Å². The lowest BCUT2D eigenvalue weighted by Crippen LogP contribution is -2.41. The maximum Gasteiger partial charge on any atom is 0.0693 e. The van der Waals surface area contributed by atoms with Gasteiger partial charge in [-0.25, -0.2) is 0 Å². The summed E-state index contributed by atoms with van der Waals surface area (Å²) in [6.07, 6.45) is 4.23. The Labute approximate surface area is 126 Å². The van der Waals surface area contributed by atoms with E-state index in [1.54, 1.807) is 0 Å². The molecule has 0 saturated heterocycles. The molecule has 0 bridgehead atoms. The van der Waals surface area contributed by atoms with Crippen molar-refractivity contribution in [2.75, 3.05) is 0 Å². The van der Waals surface area contributed by atoms with E-state index in [1.165, 1.54) is 23.1 Å². The van der Waals surface area contributed by atoms with Crippen LogP contribution in [0.25, 0.3) is 11.1 Å². The Balaban J connectivity index is 1.60. The van der Waals surface area contributed by atoms with Gasteiger partial charge in [-0.15, -0.1) is 0 Å². The summed E-state index contributed by atoms with van der Waals surface area (Å²) in [6.45, 7) is 0.830. The zero-order valence-corrected chi connectivity index (χ0v) is 12.3. The minimum absolute atomic E-state index is 0.178. The summed E-state index contributed by atoms with van der Waals surface area (Å²) < 4.78 is 0. The van der Waals surface area contributed by atoms with E-state index in [1.807, 2.05) is 6.07 Å². The Hall–Kier alpha value is -1.64. The Kier molecular flexibility index (Phi) is 4.69. The lowest BCUT2D eigenvalue weighted by atomic mass is 9.92. The highest BCUT2D eigenvalue weighted by Crippen LogP contribution is 2.21. The normalized spacial score (nSPS) is 22.1. The zero-order valence-electron chi connectivity index (χ0n) is 12.3. The largest absolute Gasteiger partial charge is 0.392 e. The van der Waals surface area contributed by atoms with E-state index in [0.717, 1.165) is 25.8 Å². The molecule has 0 radical (unpaired) electrons. The van der Waals surface area contributed by atoms with E-state index < -0.39 is 0 Å². The summed E-state index contributed by atoms with van der Waals surface area (Å²) in [6, 6.07) is 19.4. The zero-order chi connectivity index (χ0) is 14.5. The molecule has 110 valence electrons. The van der Waals surface area contributed by atoms with Crippen LogP contribution >= 0.6 is 0 Å². The molecule has 0 aliphatic heterocycles. The van der Waals surface area contributed by atoms with Crippen LogP contribution in [-0.2, 0) is 6.54 Å². The second kappa shape index (κ2) is 6.88. The fourth-order valence-electron chi connectivity index (χ4n) is 3.04. The van der Waals surface area contributed by atoms with E-state index >= 15 is 0 Å². The highest BCUT2D eigenvalue weighted by atomic mass is 16.3. The minimum atomic E-state index is -0.178. The van der Waals surface area contributed by atoms with Gasteiger partial charge in [0, 0.05) is 12.6 Å². The van der Waals surface area contributed by atoms with Crippen molar-refractivity contribution in [3.8, 4) is 11.1 Å². The van der Waals surface area contributed by atoms with Crippen molar-refractivity contribution in [1.82, 2.24) is 5.32 Å². The average molecular weight is 281 g/mol. The third-order valence-corrected chi connectivity index (χ3v) is 4.36. The fraction of sp³-hybridized carbons (Fsp3) is 0.368. The standard InChI is InChI=1S/C19H23NO/c21-19-9-5-4-8-18(19)20-14-15-10-12-17(13-11-15)16-6-2-1-3-7-16/h1-3,6-7,10-13,18-21H,4-5,8-9,14H2. The maximum absolute atomic E-state index is 9.98. The molecule has 0 spiro atoms. The van der Waals surface area contributed by atoms with Crippen LogP contribution in [0.3, 0.4) is 0 Å². The predicted molar refractivity (Wildman–Crippen MR) is 87.0 cm³/mol. The van der Waals surface area contributed by atoms with Crippen molar-refractivity contribution in [2.24, 2.45) is 0 Å². The number of aliphatic hydroxyl groups excluding tert-OH is 1. The quantitative estimate of drug-likeness (QED) is 0.894. The van der Waals surface area contributed by atoms with E-state index in [4.69, 9.17) is 0 Å². The van der Waals surface area contributed by atoms with Crippen molar-refractivity contribution >= 4 is 0 Å². The van der Waals surface area contributed by atoms with Crippen molar-refractivity contribution in [2.45, 2.75) is 44.4 Å². The number of aliphatic hydroxyl groups is 1. The second-order valence-corrected chi connectivity index (χ2v) is 5.90. The van der Waals surface area contributed by atoms with E-state index in [0.29, 0.717) is 0 Å². The van der Waals surface area contributed by atoms with Gasteiger partial charge in [0.1, 0.15) is 0 Å². The summed E-state index contributed by atoms with van der Waals surface area (Å²) >= 11 is 0. The summed E-state index contributed by atoms with van der Waals surface area (Å²) in [4.78, 5) is 0. The molecule has 1 fully saturated rings. The molecule has 0 heterocycles. The predicted octanol–water partition coefficient (Wildman–Crippen LogP) is 3.75. The van der Waals surface area contributed by atoms with Gasteiger partial charge in [-0.05, 0) is 29.5 Å². The van der Waals surface area contributed by atoms with Crippen molar-refractivity contribution in [1.29, 1.82) is 0 Å². The molecule has 1 saturated carbocycles. The molecule has 2 unspecified atom stereocenters. The number of nitrogens with one attached hydrogen (secondary N) is 1. The molecular weight excluding hydrogens is 258 g/mol. The molecule has 2 nitrogen and oxygen atoms in total. The highest BCUT2D eigenvalue weighted by molar-refractivity contribution is 5.63. The SMILES string of the molecule is OC1CCCCC1NCc1ccc(-c2ccccc2)cc1. The first-order valence-electron chi connectivity index (χ1n) is 7.89. The van der Waals surface area contributed by atoms with Gasteiger partial charge in [0.15, 0.2) is 0 Å². The van der Waals surface area contributed by atoms with Gasteiger partial charge in [0.25, 0.3) is 0 Å². The van der Waals surface area contributed by atoms with Gasteiger partial charge < -0.3 is 10.4 Å². The summed E-state index contributed by atoms with van der Waals surface area (Å²) in [5.74, 6) is 0. The molecular formula is C19H23NO. The van der Waals surface area contributed by atoms with E-state index in [2.05, 4.69) is 53.8 Å². The number of rotatable bonds is 4. The molecule has 1 aliphatic rings. The van der Waals surface area contributed by atoms with Gasteiger partial charge in [-0.2, -0.15) is 0 Å². The number of benzene rings is 2. The molecule has 21 heavy (non-hydrogen) atoms. The molecule has 0 aromatic heterocycles. The molecule has 2 atom stereocenters. The molecule has 2 aromatic rings. The molecule has 3 rings (SSSR count). The average Bonchev–Trinajstić information content (AvgIpc) is 2.55. The van der Waals surface area contributed by atoms with Crippen LogP contribution in [0.5, 0.6) is 0 Å². The van der Waals surface area contributed by atoms with Crippen molar-refractivity contribution < 1.29 is 5.11 Å². The molecule has 1 aliphatic carbocycles. The van der Waals surface area contributed by atoms with Crippen LogP contribution in [0.4, 0.5) is 0 Å². The minimum Gasteiger partial charge on any atom is -0.392 e. The summed E-state index contributed by atoms with van der Waals surface area (Å²) in [5.41, 5.74) is 3.77. The Morgan fingerprint density at radius 3 is 2.24 bits per heavy atom. The topological polar surface area (TPSA) is 32.3 Å². The molecule has 2 heteroatoms.